The fourth-order valence-corrected chi connectivity index (χ4v) is 3.34. The van der Waals surface area contributed by atoms with Crippen LogP contribution in [0, 0.1) is 0 Å². The Hall–Kier alpha value is -1.41. The average molecular weight is 241 g/mol. The molecule has 3 aromatic rings. The van der Waals surface area contributed by atoms with Gasteiger partial charge < -0.3 is 0 Å². The third-order valence-corrected chi connectivity index (χ3v) is 4.20. The third-order valence-electron chi connectivity index (χ3n) is 3.10. The van der Waals surface area contributed by atoms with Gasteiger partial charge in [0, 0.05) is 27.9 Å². The van der Waals surface area contributed by atoms with Crippen molar-refractivity contribution in [3.63, 3.8) is 0 Å². The highest BCUT2D eigenvalue weighted by molar-refractivity contribution is 7.25. The number of aromatic nitrogens is 1. The average Bonchev–Trinajstić information content (AvgIpc) is 2.65. The van der Waals surface area contributed by atoms with E-state index in [1.165, 1.54) is 25.7 Å². The number of rotatable bonds is 0. The van der Waals surface area contributed by atoms with Gasteiger partial charge in [0.2, 0.25) is 0 Å². The number of nitrogens with zero attached hydrogens (tertiary/aromatic N) is 1. The molecule has 0 N–H and O–H groups in total. The van der Waals surface area contributed by atoms with Gasteiger partial charge in [0.15, 0.2) is 0 Å². The molecule has 3 rings (SSSR count). The molecule has 0 amide bonds. The van der Waals surface area contributed by atoms with Crippen molar-refractivity contribution in [1.29, 1.82) is 0 Å². The van der Waals surface area contributed by atoms with Gasteiger partial charge in [-0.15, -0.1) is 11.3 Å². The molecule has 1 nitrogen and oxygen atoms in total. The van der Waals surface area contributed by atoms with Gasteiger partial charge in [-0.3, -0.25) is 4.98 Å². The summed E-state index contributed by atoms with van der Waals surface area (Å²) in [6.45, 7) is 6.74. The van der Waals surface area contributed by atoms with Crippen molar-refractivity contribution < 1.29 is 0 Å². The normalized spacial score (nSPS) is 12.4. The lowest BCUT2D eigenvalue weighted by atomic mass is 9.85. The largest absolute Gasteiger partial charge is 0.263 e. The summed E-state index contributed by atoms with van der Waals surface area (Å²) in [6.07, 6.45) is 4.00. The summed E-state index contributed by atoms with van der Waals surface area (Å²) in [5, 5.41) is 2.74. The Labute approximate surface area is 105 Å². The summed E-state index contributed by atoms with van der Waals surface area (Å²) in [4.78, 5) is 4.38. The summed E-state index contributed by atoms with van der Waals surface area (Å²) < 4.78 is 2.64. The predicted octanol–water partition coefficient (Wildman–Crippen LogP) is 4.75. The molecule has 0 saturated heterocycles. The highest BCUT2D eigenvalue weighted by Crippen LogP contribution is 2.39. The lowest BCUT2D eigenvalue weighted by Gasteiger charge is -2.19. The summed E-state index contributed by atoms with van der Waals surface area (Å²) in [5.41, 5.74) is 1.48. The lowest BCUT2D eigenvalue weighted by Crippen LogP contribution is -2.11. The number of pyridine rings is 1. The first kappa shape index (κ1) is 10.7. The molecule has 86 valence electrons. The summed E-state index contributed by atoms with van der Waals surface area (Å²) in [7, 11) is 0. The standard InChI is InChI=1S/C15H15NS/c1-15(2,3)11-8-16-9-13-14(11)10-6-4-5-7-12(10)17-13/h4-9H,1-3H3. The minimum atomic E-state index is 0.135. The Morgan fingerprint density at radius 3 is 2.53 bits per heavy atom. The molecule has 0 aliphatic carbocycles. The molecule has 0 unspecified atom stereocenters. The van der Waals surface area contributed by atoms with E-state index >= 15 is 0 Å². The lowest BCUT2D eigenvalue weighted by molar-refractivity contribution is 0.594. The number of thiophene rings is 1. The van der Waals surface area contributed by atoms with E-state index in [2.05, 4.69) is 50.0 Å². The molecule has 0 bridgehead atoms. The maximum atomic E-state index is 4.38. The van der Waals surface area contributed by atoms with Gasteiger partial charge in [0.25, 0.3) is 0 Å². The summed E-state index contributed by atoms with van der Waals surface area (Å²) >= 11 is 1.83. The van der Waals surface area contributed by atoms with E-state index in [1.54, 1.807) is 0 Å². The smallest absolute Gasteiger partial charge is 0.0541 e. The van der Waals surface area contributed by atoms with Gasteiger partial charge in [-0.1, -0.05) is 39.0 Å². The number of fused-ring (bicyclic) bond motifs is 3. The second-order valence-electron chi connectivity index (χ2n) is 5.41. The minimum absolute atomic E-state index is 0.135. The van der Waals surface area contributed by atoms with Crippen molar-refractivity contribution in [2.24, 2.45) is 0 Å². The highest BCUT2D eigenvalue weighted by atomic mass is 32.1. The van der Waals surface area contributed by atoms with Crippen LogP contribution >= 0.6 is 11.3 Å². The SMILES string of the molecule is CC(C)(C)c1cncc2sc3ccccc3c12. The van der Waals surface area contributed by atoms with Gasteiger partial charge in [0.05, 0.1) is 4.70 Å². The van der Waals surface area contributed by atoms with E-state index < -0.39 is 0 Å². The van der Waals surface area contributed by atoms with Crippen LogP contribution in [0.4, 0.5) is 0 Å². The molecule has 2 heterocycles. The first-order valence-electron chi connectivity index (χ1n) is 5.83. The van der Waals surface area contributed by atoms with E-state index in [0.717, 1.165) is 0 Å². The van der Waals surface area contributed by atoms with Gasteiger partial charge >= 0.3 is 0 Å². The first-order valence-corrected chi connectivity index (χ1v) is 6.65. The maximum Gasteiger partial charge on any atom is 0.0541 e. The zero-order valence-corrected chi connectivity index (χ0v) is 11.1. The van der Waals surface area contributed by atoms with Gasteiger partial charge in [-0.25, -0.2) is 0 Å². The van der Waals surface area contributed by atoms with E-state index in [0.29, 0.717) is 0 Å². The second-order valence-corrected chi connectivity index (χ2v) is 6.49. The molecule has 2 aromatic heterocycles. The van der Waals surface area contributed by atoms with Crippen LogP contribution in [0.25, 0.3) is 20.2 Å². The summed E-state index contributed by atoms with van der Waals surface area (Å²) in [6, 6.07) is 8.61. The zero-order chi connectivity index (χ0) is 12.0. The Kier molecular flexibility index (Phi) is 2.23. The Balaban J connectivity index is 2.52. The zero-order valence-electron chi connectivity index (χ0n) is 10.3. The maximum absolute atomic E-state index is 4.38. The molecule has 0 spiro atoms. The Morgan fingerprint density at radius 1 is 1.00 bits per heavy atom. The molecule has 0 radical (unpaired) electrons. The predicted molar refractivity (Wildman–Crippen MR) is 75.8 cm³/mol. The van der Waals surface area contributed by atoms with Crippen LogP contribution in [0.15, 0.2) is 36.7 Å². The van der Waals surface area contributed by atoms with E-state index in [-0.39, 0.29) is 5.41 Å². The van der Waals surface area contributed by atoms with Crippen molar-refractivity contribution in [2.45, 2.75) is 26.2 Å². The highest BCUT2D eigenvalue weighted by Gasteiger charge is 2.19. The molecule has 0 aliphatic rings. The quantitative estimate of drug-likeness (QED) is 0.553. The van der Waals surface area contributed by atoms with E-state index in [9.17, 15) is 0 Å². The fraction of sp³-hybridized carbons (Fsp3) is 0.267. The number of hydrogen-bond acceptors (Lipinski definition) is 2. The molecule has 0 atom stereocenters. The van der Waals surface area contributed by atoms with Crippen LogP contribution in [-0.2, 0) is 5.41 Å². The van der Waals surface area contributed by atoms with E-state index in [4.69, 9.17) is 0 Å². The molecular weight excluding hydrogens is 226 g/mol. The molecule has 0 aliphatic heterocycles. The monoisotopic (exact) mass is 241 g/mol. The van der Waals surface area contributed by atoms with Crippen LogP contribution in [0.2, 0.25) is 0 Å². The molecule has 17 heavy (non-hydrogen) atoms. The topological polar surface area (TPSA) is 12.9 Å². The van der Waals surface area contributed by atoms with Crippen LogP contribution in [0.5, 0.6) is 0 Å². The van der Waals surface area contributed by atoms with Crippen molar-refractivity contribution in [1.82, 2.24) is 4.98 Å². The minimum Gasteiger partial charge on any atom is -0.263 e. The van der Waals surface area contributed by atoms with Crippen LogP contribution in [0.1, 0.15) is 26.3 Å². The van der Waals surface area contributed by atoms with Crippen molar-refractivity contribution in [2.75, 3.05) is 0 Å². The fourth-order valence-electron chi connectivity index (χ4n) is 2.25. The molecule has 1 aromatic carbocycles. The molecular formula is C15H15NS. The van der Waals surface area contributed by atoms with Crippen molar-refractivity contribution in [3.05, 3.63) is 42.2 Å². The van der Waals surface area contributed by atoms with E-state index in [1.807, 2.05) is 23.7 Å². The molecule has 0 fully saturated rings. The molecule has 2 heteroatoms. The second kappa shape index (κ2) is 3.54. The van der Waals surface area contributed by atoms with Crippen LogP contribution in [0.3, 0.4) is 0 Å². The van der Waals surface area contributed by atoms with Gasteiger partial charge in [0.1, 0.15) is 0 Å². The van der Waals surface area contributed by atoms with Gasteiger partial charge in [-0.05, 0) is 17.0 Å². The van der Waals surface area contributed by atoms with Gasteiger partial charge in [-0.2, -0.15) is 0 Å². The van der Waals surface area contributed by atoms with Crippen LogP contribution in [-0.4, -0.2) is 4.98 Å². The summed E-state index contributed by atoms with van der Waals surface area (Å²) in [5.74, 6) is 0. The van der Waals surface area contributed by atoms with Crippen LogP contribution < -0.4 is 0 Å². The van der Waals surface area contributed by atoms with Crippen molar-refractivity contribution in [3.8, 4) is 0 Å². The Bertz CT molecular complexity index is 689. The number of benzene rings is 1. The molecule has 0 saturated carbocycles. The Morgan fingerprint density at radius 2 is 1.76 bits per heavy atom. The first-order chi connectivity index (χ1) is 8.07. The van der Waals surface area contributed by atoms with Crippen molar-refractivity contribution >= 4 is 31.5 Å². The third kappa shape index (κ3) is 1.64. The number of hydrogen-bond donors (Lipinski definition) is 0.